The molecule has 4 heteroatoms. The summed E-state index contributed by atoms with van der Waals surface area (Å²) in [5.74, 6) is 1.30. The van der Waals surface area contributed by atoms with Crippen molar-refractivity contribution in [2.75, 3.05) is 13.2 Å². The molecule has 13 heavy (non-hydrogen) atoms. The van der Waals surface area contributed by atoms with Crippen LogP contribution < -0.4 is 0 Å². The second-order valence-corrected chi connectivity index (χ2v) is 3.27. The highest BCUT2D eigenvalue weighted by atomic mass is 16.5. The maximum Gasteiger partial charge on any atom is 0.140 e. The topological polar surface area (TPSA) is 55.5 Å². The number of hydrogen-bond acceptors (Lipinski definition) is 4. The predicted octanol–water partition coefficient (Wildman–Crippen LogP) is 1.06. The van der Waals surface area contributed by atoms with E-state index < -0.39 is 0 Å². The first-order chi connectivity index (χ1) is 6.40. The summed E-state index contributed by atoms with van der Waals surface area (Å²) in [6.07, 6.45) is 1.97. The smallest absolute Gasteiger partial charge is 0.140 e. The van der Waals surface area contributed by atoms with Gasteiger partial charge in [-0.2, -0.15) is 0 Å². The van der Waals surface area contributed by atoms with Crippen molar-refractivity contribution in [1.82, 2.24) is 5.16 Å². The standard InChI is InChI=1S/C9H13NO3/c11-6-8-5-9(13-10-8)7-1-3-12-4-2-7/h5,7,11H,1-4,6H2. The van der Waals surface area contributed by atoms with Gasteiger partial charge in [0, 0.05) is 25.2 Å². The summed E-state index contributed by atoms with van der Waals surface area (Å²) in [6.45, 7) is 1.53. The zero-order valence-electron chi connectivity index (χ0n) is 7.40. The second kappa shape index (κ2) is 3.89. The Morgan fingerprint density at radius 1 is 1.46 bits per heavy atom. The number of hydrogen-bond donors (Lipinski definition) is 1. The van der Waals surface area contributed by atoms with Gasteiger partial charge in [-0.3, -0.25) is 0 Å². The van der Waals surface area contributed by atoms with Crippen LogP contribution in [0.5, 0.6) is 0 Å². The predicted molar refractivity (Wildman–Crippen MR) is 45.2 cm³/mol. The molecule has 0 atom stereocenters. The molecule has 1 aromatic rings. The number of aromatic nitrogens is 1. The molecular weight excluding hydrogens is 170 g/mol. The molecule has 1 saturated heterocycles. The largest absolute Gasteiger partial charge is 0.390 e. The molecule has 4 nitrogen and oxygen atoms in total. The first kappa shape index (κ1) is 8.72. The van der Waals surface area contributed by atoms with E-state index in [0.717, 1.165) is 31.8 Å². The van der Waals surface area contributed by atoms with Crippen molar-refractivity contribution in [1.29, 1.82) is 0 Å². The lowest BCUT2D eigenvalue weighted by Crippen LogP contribution is -2.13. The van der Waals surface area contributed by atoms with Crippen LogP contribution in [0.2, 0.25) is 0 Å². The van der Waals surface area contributed by atoms with Crippen LogP contribution in [0.4, 0.5) is 0 Å². The van der Waals surface area contributed by atoms with Crippen LogP contribution in [0.25, 0.3) is 0 Å². The Balaban J connectivity index is 2.05. The van der Waals surface area contributed by atoms with E-state index in [2.05, 4.69) is 5.16 Å². The molecule has 0 unspecified atom stereocenters. The molecule has 0 amide bonds. The van der Waals surface area contributed by atoms with E-state index in [9.17, 15) is 0 Å². The molecule has 1 aromatic heterocycles. The summed E-state index contributed by atoms with van der Waals surface area (Å²) < 4.78 is 10.4. The summed E-state index contributed by atoms with van der Waals surface area (Å²) in [4.78, 5) is 0. The van der Waals surface area contributed by atoms with Crippen LogP contribution in [-0.2, 0) is 11.3 Å². The Morgan fingerprint density at radius 2 is 2.23 bits per heavy atom. The van der Waals surface area contributed by atoms with Gasteiger partial charge in [0.2, 0.25) is 0 Å². The van der Waals surface area contributed by atoms with Gasteiger partial charge in [-0.25, -0.2) is 0 Å². The van der Waals surface area contributed by atoms with Gasteiger partial charge in [0.15, 0.2) is 0 Å². The van der Waals surface area contributed by atoms with Gasteiger partial charge in [-0.15, -0.1) is 0 Å². The lowest BCUT2D eigenvalue weighted by molar-refractivity contribution is 0.0790. The van der Waals surface area contributed by atoms with Gasteiger partial charge in [0.1, 0.15) is 11.5 Å². The first-order valence-corrected chi connectivity index (χ1v) is 4.54. The molecule has 0 saturated carbocycles. The van der Waals surface area contributed by atoms with Crippen molar-refractivity contribution in [3.8, 4) is 0 Å². The lowest BCUT2D eigenvalue weighted by atomic mass is 9.97. The van der Waals surface area contributed by atoms with Crippen molar-refractivity contribution in [2.45, 2.75) is 25.4 Å². The maximum atomic E-state index is 8.80. The van der Waals surface area contributed by atoms with Crippen LogP contribution in [0.1, 0.15) is 30.2 Å². The van der Waals surface area contributed by atoms with E-state index in [0.29, 0.717) is 11.6 Å². The Hall–Kier alpha value is -0.870. The molecule has 1 aliphatic rings. The van der Waals surface area contributed by atoms with Gasteiger partial charge >= 0.3 is 0 Å². The maximum absolute atomic E-state index is 8.80. The van der Waals surface area contributed by atoms with Crippen molar-refractivity contribution < 1.29 is 14.4 Å². The molecule has 2 rings (SSSR count). The van der Waals surface area contributed by atoms with E-state index in [4.69, 9.17) is 14.4 Å². The fraction of sp³-hybridized carbons (Fsp3) is 0.667. The average molecular weight is 183 g/mol. The zero-order valence-corrected chi connectivity index (χ0v) is 7.40. The van der Waals surface area contributed by atoms with E-state index in [1.807, 2.05) is 6.07 Å². The Kier molecular flexibility index (Phi) is 2.61. The Bertz CT molecular complexity index is 266. The molecule has 1 N–H and O–H groups in total. The van der Waals surface area contributed by atoms with Crippen molar-refractivity contribution >= 4 is 0 Å². The minimum absolute atomic E-state index is 0.0489. The fourth-order valence-electron chi connectivity index (χ4n) is 1.58. The van der Waals surface area contributed by atoms with E-state index in [1.54, 1.807) is 0 Å². The molecule has 1 fully saturated rings. The molecule has 0 spiro atoms. The van der Waals surface area contributed by atoms with Crippen LogP contribution in [-0.4, -0.2) is 23.5 Å². The average Bonchev–Trinajstić information content (AvgIpc) is 2.67. The van der Waals surface area contributed by atoms with Gasteiger partial charge in [-0.1, -0.05) is 5.16 Å². The summed E-state index contributed by atoms with van der Waals surface area (Å²) in [6, 6.07) is 1.83. The molecule has 2 heterocycles. The summed E-state index contributed by atoms with van der Waals surface area (Å²) in [7, 11) is 0. The highest BCUT2D eigenvalue weighted by Gasteiger charge is 2.19. The fourth-order valence-corrected chi connectivity index (χ4v) is 1.58. The van der Waals surface area contributed by atoms with Gasteiger partial charge in [0.25, 0.3) is 0 Å². The van der Waals surface area contributed by atoms with Crippen molar-refractivity contribution in [2.24, 2.45) is 0 Å². The summed E-state index contributed by atoms with van der Waals surface area (Å²) in [5.41, 5.74) is 0.612. The number of ether oxygens (including phenoxy) is 1. The van der Waals surface area contributed by atoms with Crippen LogP contribution in [0.15, 0.2) is 10.6 Å². The Morgan fingerprint density at radius 3 is 2.85 bits per heavy atom. The normalized spacial score (nSPS) is 19.2. The first-order valence-electron chi connectivity index (χ1n) is 4.54. The zero-order chi connectivity index (χ0) is 9.10. The molecule has 0 bridgehead atoms. The second-order valence-electron chi connectivity index (χ2n) is 3.27. The van der Waals surface area contributed by atoms with Crippen LogP contribution >= 0.6 is 0 Å². The van der Waals surface area contributed by atoms with Crippen molar-refractivity contribution in [3.05, 3.63) is 17.5 Å². The lowest BCUT2D eigenvalue weighted by Gasteiger charge is -2.18. The number of nitrogens with zero attached hydrogens (tertiary/aromatic N) is 1. The minimum atomic E-state index is -0.0489. The number of aliphatic hydroxyl groups excluding tert-OH is 1. The van der Waals surface area contributed by atoms with E-state index >= 15 is 0 Å². The molecule has 0 radical (unpaired) electrons. The molecule has 1 aliphatic heterocycles. The third kappa shape index (κ3) is 1.89. The van der Waals surface area contributed by atoms with Crippen molar-refractivity contribution in [3.63, 3.8) is 0 Å². The van der Waals surface area contributed by atoms with Gasteiger partial charge < -0.3 is 14.4 Å². The third-order valence-electron chi connectivity index (χ3n) is 2.36. The number of aliphatic hydroxyl groups is 1. The van der Waals surface area contributed by atoms with E-state index in [1.165, 1.54) is 0 Å². The monoisotopic (exact) mass is 183 g/mol. The van der Waals surface area contributed by atoms with Gasteiger partial charge in [0.05, 0.1) is 6.61 Å². The SMILES string of the molecule is OCc1cc(C2CCOCC2)on1. The summed E-state index contributed by atoms with van der Waals surface area (Å²) >= 11 is 0. The van der Waals surface area contributed by atoms with Crippen LogP contribution in [0, 0.1) is 0 Å². The molecular formula is C9H13NO3. The van der Waals surface area contributed by atoms with Gasteiger partial charge in [-0.05, 0) is 12.8 Å². The summed E-state index contributed by atoms with van der Waals surface area (Å²) in [5, 5.41) is 12.5. The molecule has 0 aromatic carbocycles. The third-order valence-corrected chi connectivity index (χ3v) is 2.36. The van der Waals surface area contributed by atoms with E-state index in [-0.39, 0.29) is 6.61 Å². The minimum Gasteiger partial charge on any atom is -0.390 e. The molecule has 0 aliphatic carbocycles. The highest BCUT2D eigenvalue weighted by Crippen LogP contribution is 2.27. The Labute approximate surface area is 76.5 Å². The number of rotatable bonds is 2. The van der Waals surface area contributed by atoms with Crippen LogP contribution in [0.3, 0.4) is 0 Å². The highest BCUT2D eigenvalue weighted by molar-refractivity contribution is 5.09. The molecule has 72 valence electrons. The quantitative estimate of drug-likeness (QED) is 0.744.